The highest BCUT2D eigenvalue weighted by atomic mass is 16.2. The summed E-state index contributed by atoms with van der Waals surface area (Å²) in [4.78, 5) is 17.7. The molecule has 5 heterocycles. The maximum absolute atomic E-state index is 13.6. The lowest BCUT2D eigenvalue weighted by Crippen LogP contribution is -2.58. The molecule has 3 aliphatic heterocycles. The summed E-state index contributed by atoms with van der Waals surface area (Å²) in [5, 5.41) is 20.0. The summed E-state index contributed by atoms with van der Waals surface area (Å²) in [6.45, 7) is 6.23. The van der Waals surface area contributed by atoms with E-state index in [0.29, 0.717) is 12.8 Å². The fourth-order valence-electron chi connectivity index (χ4n) is 5.68. The van der Waals surface area contributed by atoms with E-state index in [4.69, 9.17) is 0 Å². The average molecular weight is 466 g/mol. The predicted molar refractivity (Wildman–Crippen MR) is 132 cm³/mol. The van der Waals surface area contributed by atoms with Crippen LogP contribution >= 0.6 is 0 Å². The van der Waals surface area contributed by atoms with Gasteiger partial charge in [0, 0.05) is 47.4 Å². The molecule has 0 fully saturated rings. The number of hydrogen-bond donors (Lipinski definition) is 2. The van der Waals surface area contributed by atoms with Crippen molar-refractivity contribution in [3.63, 3.8) is 0 Å². The van der Waals surface area contributed by atoms with Gasteiger partial charge in [-0.05, 0) is 49.6 Å². The zero-order valence-corrected chi connectivity index (χ0v) is 20.0. The summed E-state index contributed by atoms with van der Waals surface area (Å²) in [5.74, 6) is -0.0345. The van der Waals surface area contributed by atoms with Gasteiger partial charge in [-0.15, -0.1) is 0 Å². The van der Waals surface area contributed by atoms with Gasteiger partial charge in [0.2, 0.25) is 0 Å². The maximum atomic E-state index is 13.6. The molecule has 8 heteroatoms. The number of nitrogens with zero attached hydrogens (tertiary/aromatic N) is 5. The van der Waals surface area contributed by atoms with Crippen molar-refractivity contribution < 1.29 is 4.79 Å². The molecule has 0 saturated heterocycles. The van der Waals surface area contributed by atoms with E-state index in [9.17, 15) is 4.79 Å². The van der Waals surface area contributed by atoms with Gasteiger partial charge < -0.3 is 10.6 Å². The van der Waals surface area contributed by atoms with E-state index in [0.717, 1.165) is 39.2 Å². The molecule has 3 aromatic rings. The molecule has 6 rings (SSSR count). The topological polar surface area (TPSA) is 96.6 Å². The van der Waals surface area contributed by atoms with Crippen molar-refractivity contribution in [3.05, 3.63) is 89.8 Å². The molecule has 1 unspecified atom stereocenters. The highest BCUT2D eigenvalue weighted by Gasteiger charge is 2.53. The molecule has 2 N–H and O–H groups in total. The number of carbonyl (C=O) groups excluding carboxylic acids is 1. The van der Waals surface area contributed by atoms with Crippen LogP contribution in [0.25, 0.3) is 16.8 Å². The molecular formula is C27H27N7O. The lowest BCUT2D eigenvalue weighted by atomic mass is 9.62. The second kappa shape index (κ2) is 7.73. The van der Waals surface area contributed by atoms with Crippen LogP contribution in [0.2, 0.25) is 0 Å². The number of rotatable bonds is 4. The van der Waals surface area contributed by atoms with E-state index >= 15 is 0 Å². The van der Waals surface area contributed by atoms with Gasteiger partial charge in [-0.25, -0.2) is 4.68 Å². The number of amides is 1. The molecule has 0 bridgehead atoms. The van der Waals surface area contributed by atoms with Crippen LogP contribution in [0.4, 0.5) is 0 Å². The summed E-state index contributed by atoms with van der Waals surface area (Å²) in [5.41, 5.74) is 5.84. The van der Waals surface area contributed by atoms with E-state index in [1.165, 1.54) is 0 Å². The quantitative estimate of drug-likeness (QED) is 0.596. The van der Waals surface area contributed by atoms with Crippen LogP contribution in [0.15, 0.2) is 94.5 Å². The molecule has 8 nitrogen and oxygen atoms in total. The smallest absolute Gasteiger partial charge is 0.250 e. The number of pyridine rings is 1. The number of azo groups is 1. The third-order valence-electron chi connectivity index (χ3n) is 7.23. The first-order chi connectivity index (χ1) is 16.9. The fourth-order valence-corrected chi connectivity index (χ4v) is 5.68. The second-order valence-corrected chi connectivity index (χ2v) is 9.95. The Morgan fingerprint density at radius 3 is 2.77 bits per heavy atom. The molecule has 2 aromatic heterocycles. The minimum Gasteiger partial charge on any atom is -0.362 e. The van der Waals surface area contributed by atoms with Gasteiger partial charge in [0.1, 0.15) is 0 Å². The van der Waals surface area contributed by atoms with E-state index < -0.39 is 5.41 Å². The third-order valence-corrected chi connectivity index (χ3v) is 7.23. The Morgan fingerprint density at radius 1 is 1.14 bits per heavy atom. The molecule has 35 heavy (non-hydrogen) atoms. The monoisotopic (exact) mass is 465 g/mol. The van der Waals surface area contributed by atoms with Crippen molar-refractivity contribution in [3.8, 4) is 16.8 Å². The fraction of sp³-hybridized carbons (Fsp3) is 0.296. The second-order valence-electron chi connectivity index (χ2n) is 9.95. The minimum atomic E-state index is -0.619. The van der Waals surface area contributed by atoms with E-state index in [1.54, 1.807) is 12.4 Å². The van der Waals surface area contributed by atoms with Crippen LogP contribution < -0.4 is 10.6 Å². The molecule has 176 valence electrons. The summed E-state index contributed by atoms with van der Waals surface area (Å²) in [6.07, 6.45) is 10.4. The first-order valence-electron chi connectivity index (χ1n) is 11.9. The minimum absolute atomic E-state index is 0.0345. The van der Waals surface area contributed by atoms with Gasteiger partial charge in [-0.2, -0.15) is 15.3 Å². The molecule has 0 saturated carbocycles. The first-order valence-corrected chi connectivity index (χ1v) is 11.9. The van der Waals surface area contributed by atoms with Crippen molar-refractivity contribution in [2.45, 2.75) is 50.7 Å². The van der Waals surface area contributed by atoms with Gasteiger partial charge in [0.15, 0.2) is 6.17 Å². The summed E-state index contributed by atoms with van der Waals surface area (Å²) in [6, 6.07) is 12.3. The molecule has 2 atom stereocenters. The van der Waals surface area contributed by atoms with Gasteiger partial charge >= 0.3 is 0 Å². The Labute approximate surface area is 203 Å². The van der Waals surface area contributed by atoms with E-state index in [-0.39, 0.29) is 17.6 Å². The van der Waals surface area contributed by atoms with Crippen molar-refractivity contribution in [1.29, 1.82) is 0 Å². The zero-order valence-electron chi connectivity index (χ0n) is 20.0. The van der Waals surface area contributed by atoms with Gasteiger partial charge in [0.05, 0.1) is 29.1 Å². The number of benzene rings is 1. The van der Waals surface area contributed by atoms with Crippen molar-refractivity contribution in [2.75, 3.05) is 0 Å². The van der Waals surface area contributed by atoms with E-state index in [1.807, 2.05) is 49.3 Å². The van der Waals surface area contributed by atoms with Gasteiger partial charge in [-0.3, -0.25) is 9.78 Å². The Morgan fingerprint density at radius 2 is 1.97 bits per heavy atom. The molecular weight excluding hydrogens is 438 g/mol. The SMILES string of the molecule is CC[C@@]1(c2cccc(-c3cnn(-c4ccncc4)c3)c2)C2=CN=NC2NC2=C1C(=O)NC(C)(C)C2. The molecule has 0 radical (unpaired) electrons. The number of aromatic nitrogens is 3. The molecule has 0 aliphatic carbocycles. The van der Waals surface area contributed by atoms with Crippen LogP contribution in [0.1, 0.15) is 39.2 Å². The molecule has 3 aliphatic rings. The summed E-state index contributed by atoms with van der Waals surface area (Å²) >= 11 is 0. The van der Waals surface area contributed by atoms with Crippen LogP contribution in [-0.2, 0) is 10.2 Å². The van der Waals surface area contributed by atoms with Crippen molar-refractivity contribution in [1.82, 2.24) is 25.4 Å². The van der Waals surface area contributed by atoms with Crippen LogP contribution in [0.3, 0.4) is 0 Å². The normalized spacial score (nSPS) is 24.4. The lowest BCUT2D eigenvalue weighted by Gasteiger charge is -2.48. The largest absolute Gasteiger partial charge is 0.362 e. The Balaban J connectivity index is 1.49. The van der Waals surface area contributed by atoms with E-state index in [2.05, 4.69) is 62.1 Å². The third kappa shape index (κ3) is 3.31. The van der Waals surface area contributed by atoms with Crippen LogP contribution in [0, 0.1) is 0 Å². The standard InChI is InChI=1S/C27H27N7O/c1-4-27(21-15-29-33-24(21)31-22-13-26(2,3)32-25(35)23(22)27)19-7-5-6-17(12-19)18-14-30-34(16-18)20-8-10-28-11-9-20/h5-12,14-16,24,31H,4,13H2,1-3H3,(H,32,35)/t24?,27-/m1/s1. The zero-order chi connectivity index (χ0) is 24.2. The molecule has 1 aromatic carbocycles. The number of fused-ring (bicyclic) bond motifs is 1. The number of hydrogen-bond acceptors (Lipinski definition) is 6. The van der Waals surface area contributed by atoms with Crippen molar-refractivity contribution in [2.24, 2.45) is 10.2 Å². The molecule has 1 amide bonds. The highest BCUT2D eigenvalue weighted by Crippen LogP contribution is 2.51. The highest BCUT2D eigenvalue weighted by molar-refractivity contribution is 6.00. The van der Waals surface area contributed by atoms with Gasteiger partial charge in [0.25, 0.3) is 5.91 Å². The Hall–Kier alpha value is -4.07. The average Bonchev–Trinajstić information content (AvgIpc) is 3.53. The van der Waals surface area contributed by atoms with Crippen LogP contribution in [0.5, 0.6) is 0 Å². The number of nitrogens with one attached hydrogen (secondary N) is 2. The summed E-state index contributed by atoms with van der Waals surface area (Å²) < 4.78 is 1.84. The predicted octanol–water partition coefficient (Wildman–Crippen LogP) is 4.41. The van der Waals surface area contributed by atoms with Crippen molar-refractivity contribution >= 4 is 5.91 Å². The molecule has 0 spiro atoms. The lowest BCUT2D eigenvalue weighted by molar-refractivity contribution is -0.120. The van der Waals surface area contributed by atoms with Gasteiger partial charge in [-0.1, -0.05) is 25.1 Å². The summed E-state index contributed by atoms with van der Waals surface area (Å²) in [7, 11) is 0. The number of carbonyl (C=O) groups is 1. The Kier molecular flexibility index (Phi) is 4.74. The Bertz CT molecular complexity index is 1420. The first kappa shape index (κ1) is 21.5. The maximum Gasteiger partial charge on any atom is 0.250 e. The van der Waals surface area contributed by atoms with Crippen LogP contribution in [-0.4, -0.2) is 32.4 Å².